The van der Waals surface area contributed by atoms with E-state index in [1.807, 2.05) is 45.0 Å². The molecule has 11 heteroatoms. The van der Waals surface area contributed by atoms with Crippen LogP contribution in [0, 0.1) is 17.8 Å². The lowest BCUT2D eigenvalue weighted by molar-refractivity contribution is -0.147. The summed E-state index contributed by atoms with van der Waals surface area (Å²) >= 11 is 0. The molecule has 3 amide bonds. The molecule has 3 aliphatic heterocycles. The van der Waals surface area contributed by atoms with Crippen molar-refractivity contribution in [3.8, 4) is 0 Å². The summed E-state index contributed by atoms with van der Waals surface area (Å²) in [5.74, 6) is -2.05. The summed E-state index contributed by atoms with van der Waals surface area (Å²) in [6.45, 7) is 7.11. The van der Waals surface area contributed by atoms with E-state index >= 15 is 0 Å². The van der Waals surface area contributed by atoms with Crippen LogP contribution in [0.5, 0.6) is 0 Å². The Bertz CT molecular complexity index is 1230. The summed E-state index contributed by atoms with van der Waals surface area (Å²) in [6.07, 6.45) is 4.40. The van der Waals surface area contributed by atoms with E-state index in [1.54, 1.807) is 9.58 Å². The highest BCUT2D eigenvalue weighted by atomic mass is 16.5. The van der Waals surface area contributed by atoms with Crippen LogP contribution in [0.1, 0.15) is 59.3 Å². The van der Waals surface area contributed by atoms with Crippen LogP contribution in [0.3, 0.4) is 0 Å². The fourth-order valence-electron chi connectivity index (χ4n) is 7.07. The maximum Gasteiger partial charge on any atom is 0.247 e. The number of hydrogen-bond acceptors (Lipinski definition) is 7. The van der Waals surface area contributed by atoms with Gasteiger partial charge in [-0.2, -0.15) is 0 Å². The molecular formula is C28H40N6O5. The Balaban J connectivity index is 1.43. The minimum absolute atomic E-state index is 0.00186. The minimum Gasteiger partial charge on any atom is -0.396 e. The standard InChI is InChI=1S/C28H40N6O5/c1-4-13-29-24(36)21-22-26(38)33(14-9-5-6-10-15-35)23(28(22)16-18(2)27(21,3)39-28)25(37)30-17-34-20-12-8-7-11-19(20)31-32-34/h7-8,11-12,18,21-23,35H,4-6,9-10,13-17H2,1-3H3,(H,29,36)(H,30,37)/t18?,21-,22+,23?,27+,28?/m1/s1. The van der Waals surface area contributed by atoms with Crippen molar-refractivity contribution in [2.75, 3.05) is 19.7 Å². The first-order chi connectivity index (χ1) is 18.8. The summed E-state index contributed by atoms with van der Waals surface area (Å²) < 4.78 is 8.35. The van der Waals surface area contributed by atoms with Crippen LogP contribution in [0.2, 0.25) is 0 Å². The molecule has 4 heterocycles. The summed E-state index contributed by atoms with van der Waals surface area (Å²) in [7, 11) is 0. The van der Waals surface area contributed by atoms with Crippen molar-refractivity contribution in [2.45, 2.75) is 83.2 Å². The SMILES string of the molecule is CCCNC(=O)[C@H]1[C@H]2C(=O)N(CCCCCCO)C(C(=O)NCn3nnc4ccccc43)C23CC(C)[C@]1(C)O3. The number of aromatic nitrogens is 3. The molecule has 0 saturated carbocycles. The van der Waals surface area contributed by atoms with E-state index in [2.05, 4.69) is 20.9 Å². The summed E-state index contributed by atoms with van der Waals surface area (Å²) in [6, 6.07) is 6.66. The number of aliphatic hydroxyl groups is 1. The van der Waals surface area contributed by atoms with Crippen LogP contribution in [-0.4, -0.2) is 79.7 Å². The number of nitrogens with one attached hydrogen (secondary N) is 2. The lowest BCUT2D eigenvalue weighted by Gasteiger charge is -2.36. The third-order valence-corrected chi connectivity index (χ3v) is 9.03. The molecule has 39 heavy (non-hydrogen) atoms. The number of amides is 3. The average Bonchev–Trinajstić information content (AvgIpc) is 3.59. The number of rotatable bonds is 12. The van der Waals surface area contributed by atoms with Crippen LogP contribution in [0.4, 0.5) is 0 Å². The second kappa shape index (κ2) is 10.8. The molecule has 11 nitrogen and oxygen atoms in total. The Kier molecular flexibility index (Phi) is 7.65. The smallest absolute Gasteiger partial charge is 0.247 e. The molecule has 5 rings (SSSR count). The highest BCUT2D eigenvalue weighted by Crippen LogP contribution is 2.65. The van der Waals surface area contributed by atoms with Gasteiger partial charge >= 0.3 is 0 Å². The molecule has 1 aromatic heterocycles. The maximum absolute atomic E-state index is 14.1. The van der Waals surface area contributed by atoms with Crippen molar-refractivity contribution < 1.29 is 24.2 Å². The predicted molar refractivity (Wildman–Crippen MR) is 143 cm³/mol. The second-order valence-electron chi connectivity index (χ2n) is 11.4. The van der Waals surface area contributed by atoms with Crippen molar-refractivity contribution in [1.29, 1.82) is 0 Å². The molecule has 3 N–H and O–H groups in total. The van der Waals surface area contributed by atoms with E-state index in [0.29, 0.717) is 32.4 Å². The Morgan fingerprint density at radius 1 is 1.15 bits per heavy atom. The number of nitrogens with zero attached hydrogens (tertiary/aromatic N) is 4. The number of likely N-dealkylation sites (tertiary alicyclic amines) is 1. The van der Waals surface area contributed by atoms with Gasteiger partial charge in [-0.25, -0.2) is 4.68 Å². The summed E-state index contributed by atoms with van der Waals surface area (Å²) in [5.41, 5.74) is -0.374. The Morgan fingerprint density at radius 2 is 1.92 bits per heavy atom. The van der Waals surface area contributed by atoms with E-state index in [1.165, 1.54) is 0 Å². The topological polar surface area (TPSA) is 139 Å². The van der Waals surface area contributed by atoms with Gasteiger partial charge in [0.2, 0.25) is 17.7 Å². The number of aliphatic hydroxyl groups excluding tert-OH is 1. The fourth-order valence-corrected chi connectivity index (χ4v) is 7.07. The van der Waals surface area contributed by atoms with Gasteiger partial charge in [0.25, 0.3) is 0 Å². The Labute approximate surface area is 228 Å². The molecule has 3 fully saturated rings. The van der Waals surface area contributed by atoms with E-state index in [-0.39, 0.29) is 36.9 Å². The predicted octanol–water partition coefficient (Wildman–Crippen LogP) is 1.59. The molecule has 6 atom stereocenters. The summed E-state index contributed by atoms with van der Waals surface area (Å²) in [5, 5.41) is 23.4. The monoisotopic (exact) mass is 540 g/mol. The average molecular weight is 541 g/mol. The van der Waals surface area contributed by atoms with Crippen LogP contribution >= 0.6 is 0 Å². The number of benzene rings is 1. The van der Waals surface area contributed by atoms with E-state index in [0.717, 1.165) is 30.3 Å². The zero-order valence-electron chi connectivity index (χ0n) is 23.1. The number of hydrogen-bond donors (Lipinski definition) is 3. The Morgan fingerprint density at radius 3 is 2.69 bits per heavy atom. The van der Waals surface area contributed by atoms with Crippen LogP contribution < -0.4 is 10.6 Å². The van der Waals surface area contributed by atoms with E-state index < -0.39 is 29.1 Å². The van der Waals surface area contributed by atoms with Crippen molar-refractivity contribution in [2.24, 2.45) is 17.8 Å². The molecule has 0 aliphatic carbocycles. The number of para-hydroxylation sites is 1. The zero-order chi connectivity index (χ0) is 27.8. The van der Waals surface area contributed by atoms with Gasteiger partial charge in [0.15, 0.2) is 0 Å². The molecular weight excluding hydrogens is 500 g/mol. The van der Waals surface area contributed by atoms with Crippen LogP contribution in [0.15, 0.2) is 24.3 Å². The molecule has 2 aromatic rings. The lowest BCUT2D eigenvalue weighted by atomic mass is 9.62. The van der Waals surface area contributed by atoms with Crippen LogP contribution in [0.25, 0.3) is 11.0 Å². The summed E-state index contributed by atoms with van der Waals surface area (Å²) in [4.78, 5) is 43.1. The number of carbonyl (C=O) groups is 3. The number of ether oxygens (including phenoxy) is 1. The van der Waals surface area contributed by atoms with Crippen LogP contribution in [-0.2, 0) is 25.8 Å². The maximum atomic E-state index is 14.1. The first kappa shape index (κ1) is 27.5. The largest absolute Gasteiger partial charge is 0.396 e. The van der Waals surface area contributed by atoms with E-state index in [4.69, 9.17) is 9.84 Å². The number of unbranched alkanes of at least 4 members (excludes halogenated alkanes) is 3. The Hall–Kier alpha value is -3.05. The minimum atomic E-state index is -1.07. The lowest BCUT2D eigenvalue weighted by Crippen LogP contribution is -2.56. The first-order valence-corrected chi connectivity index (χ1v) is 14.2. The molecule has 1 aromatic carbocycles. The zero-order valence-corrected chi connectivity index (χ0v) is 23.1. The fraction of sp³-hybridized carbons (Fsp3) is 0.679. The van der Waals surface area contributed by atoms with E-state index in [9.17, 15) is 14.4 Å². The molecule has 0 radical (unpaired) electrons. The molecule has 3 aliphatic rings. The number of carbonyl (C=O) groups excluding carboxylic acids is 3. The molecule has 212 valence electrons. The second-order valence-corrected chi connectivity index (χ2v) is 11.4. The van der Waals surface area contributed by atoms with Gasteiger partial charge in [-0.3, -0.25) is 14.4 Å². The van der Waals surface area contributed by atoms with Crippen molar-refractivity contribution in [1.82, 2.24) is 30.5 Å². The number of fused-ring (bicyclic) bond motifs is 2. The van der Waals surface area contributed by atoms with Gasteiger partial charge in [0.05, 0.1) is 23.0 Å². The van der Waals surface area contributed by atoms with Crippen molar-refractivity contribution >= 4 is 28.8 Å². The van der Waals surface area contributed by atoms with Gasteiger partial charge in [-0.05, 0) is 50.7 Å². The van der Waals surface area contributed by atoms with Gasteiger partial charge in [-0.15, -0.1) is 5.10 Å². The quantitative estimate of drug-likeness (QED) is 0.348. The third-order valence-electron chi connectivity index (χ3n) is 9.03. The van der Waals surface area contributed by atoms with Gasteiger partial charge < -0.3 is 25.4 Å². The highest BCUT2D eigenvalue weighted by molar-refractivity contribution is 5.99. The molecule has 3 saturated heterocycles. The normalized spacial score (nSPS) is 31.2. The van der Waals surface area contributed by atoms with Gasteiger partial charge in [-0.1, -0.05) is 44.0 Å². The van der Waals surface area contributed by atoms with Gasteiger partial charge in [0.1, 0.15) is 23.8 Å². The molecule has 1 spiro atoms. The molecule has 3 unspecified atom stereocenters. The molecule has 2 bridgehead atoms. The van der Waals surface area contributed by atoms with Gasteiger partial charge in [0, 0.05) is 19.7 Å². The highest BCUT2D eigenvalue weighted by Gasteiger charge is 2.79. The van der Waals surface area contributed by atoms with Crippen molar-refractivity contribution in [3.05, 3.63) is 24.3 Å². The first-order valence-electron chi connectivity index (χ1n) is 14.2. The van der Waals surface area contributed by atoms with Crippen molar-refractivity contribution in [3.63, 3.8) is 0 Å². The third kappa shape index (κ3) is 4.49.